The molecule has 0 aromatic heterocycles. The molecule has 2 unspecified atom stereocenters. The average molecular weight is 265 g/mol. The number of likely N-dealkylation sites (tertiary alicyclic amines) is 1. The van der Waals surface area contributed by atoms with Crippen LogP contribution in [0.25, 0.3) is 0 Å². The van der Waals surface area contributed by atoms with Crippen molar-refractivity contribution in [2.75, 3.05) is 18.8 Å². The summed E-state index contributed by atoms with van der Waals surface area (Å²) in [6, 6.07) is 5.23. The maximum Gasteiger partial charge on any atom is 0.257 e. The van der Waals surface area contributed by atoms with E-state index in [2.05, 4.69) is 0 Å². The number of fused-ring (bicyclic) bond motifs is 1. The zero-order chi connectivity index (χ0) is 12.7. The van der Waals surface area contributed by atoms with Crippen LogP contribution in [0.5, 0.6) is 0 Å². The predicted molar refractivity (Wildman–Crippen MR) is 72.6 cm³/mol. The highest BCUT2D eigenvalue weighted by molar-refractivity contribution is 6.34. The van der Waals surface area contributed by atoms with Gasteiger partial charge in [-0.1, -0.05) is 24.1 Å². The molecule has 1 saturated carbocycles. The van der Waals surface area contributed by atoms with Crippen LogP contribution in [-0.4, -0.2) is 23.9 Å². The number of anilines is 1. The molecule has 1 aliphatic carbocycles. The molecule has 4 heteroatoms. The Labute approximate surface area is 112 Å². The predicted octanol–water partition coefficient (Wildman–Crippen LogP) is 2.79. The van der Waals surface area contributed by atoms with Crippen LogP contribution in [0, 0.1) is 11.8 Å². The summed E-state index contributed by atoms with van der Waals surface area (Å²) in [6.45, 7) is 1.74. The van der Waals surface area contributed by atoms with Gasteiger partial charge in [0.25, 0.3) is 5.91 Å². The smallest absolute Gasteiger partial charge is 0.257 e. The molecule has 1 heterocycles. The molecule has 2 aliphatic rings. The number of amides is 1. The second-order valence-corrected chi connectivity index (χ2v) is 5.77. The molecule has 3 rings (SSSR count). The molecule has 1 saturated heterocycles. The van der Waals surface area contributed by atoms with Gasteiger partial charge in [0, 0.05) is 18.8 Å². The van der Waals surface area contributed by atoms with Gasteiger partial charge in [-0.15, -0.1) is 0 Å². The number of nitrogen functional groups attached to an aromatic ring is 1. The van der Waals surface area contributed by atoms with Crippen molar-refractivity contribution in [2.24, 2.45) is 11.8 Å². The fourth-order valence-electron chi connectivity index (χ4n) is 3.33. The van der Waals surface area contributed by atoms with E-state index in [1.807, 2.05) is 4.90 Å². The van der Waals surface area contributed by atoms with Crippen molar-refractivity contribution in [3.05, 3.63) is 28.8 Å². The third kappa shape index (κ3) is 1.87. The van der Waals surface area contributed by atoms with Gasteiger partial charge in [0.05, 0.1) is 10.6 Å². The van der Waals surface area contributed by atoms with Crippen LogP contribution in [-0.2, 0) is 0 Å². The molecule has 2 fully saturated rings. The molecule has 0 bridgehead atoms. The summed E-state index contributed by atoms with van der Waals surface area (Å²) in [6.07, 6.45) is 3.82. The van der Waals surface area contributed by atoms with E-state index in [1.54, 1.807) is 18.2 Å². The summed E-state index contributed by atoms with van der Waals surface area (Å²) in [7, 11) is 0. The minimum Gasteiger partial charge on any atom is -0.398 e. The first kappa shape index (κ1) is 11.8. The molecule has 2 N–H and O–H groups in total. The molecular weight excluding hydrogens is 248 g/mol. The normalized spacial score (nSPS) is 26.4. The number of hydrogen-bond acceptors (Lipinski definition) is 2. The first-order valence-corrected chi connectivity index (χ1v) is 6.88. The van der Waals surface area contributed by atoms with E-state index in [0.29, 0.717) is 28.1 Å². The zero-order valence-corrected chi connectivity index (χ0v) is 11.0. The van der Waals surface area contributed by atoms with E-state index < -0.39 is 0 Å². The second-order valence-electron chi connectivity index (χ2n) is 5.37. The Hall–Kier alpha value is -1.22. The summed E-state index contributed by atoms with van der Waals surface area (Å²) in [4.78, 5) is 14.4. The van der Waals surface area contributed by atoms with Gasteiger partial charge in [-0.2, -0.15) is 0 Å². The maximum atomic E-state index is 12.5. The summed E-state index contributed by atoms with van der Waals surface area (Å²) in [5, 5.41) is 0.456. The Morgan fingerprint density at radius 1 is 1.28 bits per heavy atom. The van der Waals surface area contributed by atoms with E-state index >= 15 is 0 Å². The van der Waals surface area contributed by atoms with Gasteiger partial charge in [0.15, 0.2) is 0 Å². The Morgan fingerprint density at radius 3 is 2.56 bits per heavy atom. The van der Waals surface area contributed by atoms with E-state index in [0.717, 1.165) is 13.1 Å². The highest BCUT2D eigenvalue weighted by Gasteiger charge is 2.38. The first-order chi connectivity index (χ1) is 8.66. The summed E-state index contributed by atoms with van der Waals surface area (Å²) >= 11 is 6.10. The summed E-state index contributed by atoms with van der Waals surface area (Å²) in [5.41, 5.74) is 6.82. The summed E-state index contributed by atoms with van der Waals surface area (Å²) in [5.74, 6) is 1.38. The van der Waals surface area contributed by atoms with Gasteiger partial charge in [0.2, 0.25) is 0 Å². The zero-order valence-electron chi connectivity index (χ0n) is 10.2. The number of nitrogens with zero attached hydrogens (tertiary/aromatic N) is 1. The van der Waals surface area contributed by atoms with Crippen LogP contribution >= 0.6 is 11.6 Å². The van der Waals surface area contributed by atoms with E-state index in [1.165, 1.54) is 19.3 Å². The minimum absolute atomic E-state index is 0.00694. The molecule has 96 valence electrons. The molecule has 1 aromatic carbocycles. The molecule has 18 heavy (non-hydrogen) atoms. The Balaban J connectivity index is 1.83. The number of halogens is 1. The minimum atomic E-state index is -0.00694. The van der Waals surface area contributed by atoms with Crippen LogP contribution in [0.2, 0.25) is 5.02 Å². The Morgan fingerprint density at radius 2 is 1.94 bits per heavy atom. The number of rotatable bonds is 1. The summed E-state index contributed by atoms with van der Waals surface area (Å²) < 4.78 is 0. The Bertz CT molecular complexity index is 456. The molecule has 1 aromatic rings. The van der Waals surface area contributed by atoms with E-state index in [-0.39, 0.29) is 5.91 Å². The lowest BCUT2D eigenvalue weighted by atomic mass is 10.0. The lowest BCUT2D eigenvalue weighted by Gasteiger charge is -2.19. The van der Waals surface area contributed by atoms with Gasteiger partial charge < -0.3 is 10.6 Å². The molecule has 3 nitrogen and oxygen atoms in total. The number of carbonyl (C=O) groups is 1. The number of carbonyl (C=O) groups excluding carboxylic acids is 1. The van der Waals surface area contributed by atoms with E-state index in [4.69, 9.17) is 17.3 Å². The standard InChI is InChI=1S/C14H17ClN2O/c15-11-5-2-6-12(16)13(11)14(18)17-7-9-3-1-4-10(9)8-17/h2,5-6,9-10H,1,3-4,7-8,16H2. The lowest BCUT2D eigenvalue weighted by Crippen LogP contribution is -2.30. The SMILES string of the molecule is Nc1cccc(Cl)c1C(=O)N1CC2CCCC2C1. The average Bonchev–Trinajstić information content (AvgIpc) is 2.88. The van der Waals surface area contributed by atoms with Crippen molar-refractivity contribution in [2.45, 2.75) is 19.3 Å². The fourth-order valence-corrected chi connectivity index (χ4v) is 3.59. The Kier molecular flexibility index (Phi) is 2.94. The van der Waals surface area contributed by atoms with Crippen LogP contribution in [0.4, 0.5) is 5.69 Å². The molecule has 1 amide bonds. The van der Waals surface area contributed by atoms with Crippen LogP contribution < -0.4 is 5.73 Å². The molecule has 1 aliphatic heterocycles. The molecule has 0 spiro atoms. The van der Waals surface area contributed by atoms with Gasteiger partial charge in [-0.3, -0.25) is 4.79 Å². The number of nitrogens with two attached hydrogens (primary N) is 1. The van der Waals surface area contributed by atoms with Crippen molar-refractivity contribution >= 4 is 23.2 Å². The highest BCUT2D eigenvalue weighted by atomic mass is 35.5. The fraction of sp³-hybridized carbons (Fsp3) is 0.500. The third-order valence-electron chi connectivity index (χ3n) is 4.27. The quantitative estimate of drug-likeness (QED) is 0.793. The number of hydrogen-bond donors (Lipinski definition) is 1. The molecular formula is C14H17ClN2O. The van der Waals surface area contributed by atoms with Crippen molar-refractivity contribution in [3.63, 3.8) is 0 Å². The maximum absolute atomic E-state index is 12.5. The van der Waals surface area contributed by atoms with Gasteiger partial charge in [-0.05, 0) is 36.8 Å². The van der Waals surface area contributed by atoms with Gasteiger partial charge in [0.1, 0.15) is 0 Å². The number of benzene rings is 1. The van der Waals surface area contributed by atoms with Crippen molar-refractivity contribution in [1.29, 1.82) is 0 Å². The molecule has 2 atom stereocenters. The topological polar surface area (TPSA) is 46.3 Å². The third-order valence-corrected chi connectivity index (χ3v) is 4.59. The van der Waals surface area contributed by atoms with Crippen molar-refractivity contribution in [3.8, 4) is 0 Å². The van der Waals surface area contributed by atoms with Gasteiger partial charge >= 0.3 is 0 Å². The largest absolute Gasteiger partial charge is 0.398 e. The van der Waals surface area contributed by atoms with Crippen LogP contribution in [0.1, 0.15) is 29.6 Å². The van der Waals surface area contributed by atoms with Gasteiger partial charge in [-0.25, -0.2) is 0 Å². The first-order valence-electron chi connectivity index (χ1n) is 6.50. The highest BCUT2D eigenvalue weighted by Crippen LogP contribution is 2.38. The van der Waals surface area contributed by atoms with Crippen molar-refractivity contribution in [1.82, 2.24) is 4.90 Å². The lowest BCUT2D eigenvalue weighted by molar-refractivity contribution is 0.0782. The van der Waals surface area contributed by atoms with E-state index in [9.17, 15) is 4.79 Å². The second kappa shape index (κ2) is 4.47. The van der Waals surface area contributed by atoms with Crippen LogP contribution in [0.3, 0.4) is 0 Å². The monoisotopic (exact) mass is 264 g/mol. The van der Waals surface area contributed by atoms with Crippen molar-refractivity contribution < 1.29 is 4.79 Å². The van der Waals surface area contributed by atoms with Crippen LogP contribution in [0.15, 0.2) is 18.2 Å². The molecule has 0 radical (unpaired) electrons.